The summed E-state index contributed by atoms with van der Waals surface area (Å²) < 4.78 is 25.7. The number of nitrogens with one attached hydrogen (secondary N) is 2. The number of carbonyl (C=O) groups is 2. The van der Waals surface area contributed by atoms with Crippen molar-refractivity contribution in [2.24, 2.45) is 17.9 Å². The Morgan fingerprint density at radius 1 is 0.887 bits per heavy atom. The second-order valence-electron chi connectivity index (χ2n) is 22.3. The van der Waals surface area contributed by atoms with Gasteiger partial charge in [-0.3, -0.25) is 29.5 Å². The molecular weight excluding hydrogens is 898 g/mol. The number of anilines is 2. The number of nitrogens with zero attached hydrogens (tertiary/aromatic N) is 9. The van der Waals surface area contributed by atoms with Crippen molar-refractivity contribution in [3.63, 3.8) is 0 Å². The van der Waals surface area contributed by atoms with Crippen LogP contribution >= 0.6 is 0 Å². The number of phenols is 1. The molecule has 370 valence electrons. The molecule has 2 saturated carbocycles. The number of aromatic hydroxyl groups is 1. The highest BCUT2D eigenvalue weighted by Crippen LogP contribution is 2.53. The first-order chi connectivity index (χ1) is 34.5. The average Bonchev–Trinajstić information content (AvgIpc) is 3.95. The summed E-state index contributed by atoms with van der Waals surface area (Å²) >= 11 is 0. The van der Waals surface area contributed by atoms with E-state index in [1.54, 1.807) is 18.3 Å². The number of benzene rings is 3. The zero-order chi connectivity index (χ0) is 48.2. The summed E-state index contributed by atoms with van der Waals surface area (Å²) in [5.41, 5.74) is 5.41. The number of amides is 2. The number of fused-ring (bicyclic) bond motifs is 5. The molecule has 6 aromatic rings. The van der Waals surface area contributed by atoms with Crippen LogP contribution in [0.3, 0.4) is 0 Å². The van der Waals surface area contributed by atoms with Crippen LogP contribution in [0.1, 0.15) is 88.3 Å². The van der Waals surface area contributed by atoms with Crippen LogP contribution in [0.4, 0.5) is 15.9 Å². The summed E-state index contributed by atoms with van der Waals surface area (Å²) in [6.07, 6.45) is 12.8. The van der Waals surface area contributed by atoms with Gasteiger partial charge in [0.1, 0.15) is 22.8 Å². The Labute approximate surface area is 413 Å². The van der Waals surface area contributed by atoms with Gasteiger partial charge in [0.05, 0.1) is 29.1 Å². The molecule has 1 spiro atoms. The van der Waals surface area contributed by atoms with Gasteiger partial charge in [0.25, 0.3) is 0 Å². The van der Waals surface area contributed by atoms with Gasteiger partial charge in [-0.15, -0.1) is 0 Å². The van der Waals surface area contributed by atoms with Crippen LogP contribution in [0.5, 0.6) is 11.8 Å². The SMILES string of the molecule is CCc1cccc2cc(O)cc(-c3ncc4c(N5CC6CCC(C5)N6)nc(OCC5(CN6CCC7(CC6)CC(N6CCN(c8ccc9c(C%10CCC(=O)NC%10=O)nn(C)c9c8)CC6)C7)CC5)nc4c3F)c12. The van der Waals surface area contributed by atoms with E-state index in [2.05, 4.69) is 55.4 Å². The zero-order valence-corrected chi connectivity index (χ0v) is 40.9. The molecule has 5 saturated heterocycles. The van der Waals surface area contributed by atoms with Gasteiger partial charge < -0.3 is 29.9 Å². The van der Waals surface area contributed by atoms with Gasteiger partial charge >= 0.3 is 6.01 Å². The largest absolute Gasteiger partial charge is 0.508 e. The van der Waals surface area contributed by atoms with Crippen molar-refractivity contribution >= 4 is 55.9 Å². The van der Waals surface area contributed by atoms with Crippen LogP contribution in [0.15, 0.2) is 54.7 Å². The average molecular weight is 962 g/mol. The van der Waals surface area contributed by atoms with Crippen molar-refractivity contribution < 1.29 is 23.8 Å². The van der Waals surface area contributed by atoms with E-state index in [0.717, 1.165) is 124 Å². The second-order valence-corrected chi connectivity index (χ2v) is 22.3. The van der Waals surface area contributed by atoms with Crippen molar-refractivity contribution in [1.82, 2.24) is 45.2 Å². The molecule has 71 heavy (non-hydrogen) atoms. The van der Waals surface area contributed by atoms with E-state index >= 15 is 4.39 Å². The number of hydrogen-bond donors (Lipinski definition) is 3. The fourth-order valence-electron chi connectivity index (χ4n) is 13.5. The Morgan fingerprint density at radius 3 is 2.42 bits per heavy atom. The normalized spacial score (nSPS) is 24.6. The molecule has 2 amide bonds. The minimum atomic E-state index is -0.528. The molecule has 8 heterocycles. The maximum atomic E-state index is 17.2. The first kappa shape index (κ1) is 44.9. The summed E-state index contributed by atoms with van der Waals surface area (Å²) in [5, 5.41) is 25.0. The van der Waals surface area contributed by atoms with Gasteiger partial charge in [0.2, 0.25) is 11.8 Å². The monoisotopic (exact) mass is 962 g/mol. The van der Waals surface area contributed by atoms with Crippen LogP contribution < -0.4 is 25.2 Å². The number of aryl methyl sites for hydroxylation is 2. The van der Waals surface area contributed by atoms with Crippen molar-refractivity contribution in [1.29, 1.82) is 0 Å². The highest BCUT2D eigenvalue weighted by atomic mass is 19.1. The Hall–Kier alpha value is -5.97. The van der Waals surface area contributed by atoms with E-state index in [9.17, 15) is 14.7 Å². The van der Waals surface area contributed by atoms with Gasteiger partial charge in [0.15, 0.2) is 5.82 Å². The maximum Gasteiger partial charge on any atom is 0.319 e. The number of phenolic OH excluding ortho intramolecular Hbond substituents is 1. The molecule has 2 bridgehead atoms. The smallest absolute Gasteiger partial charge is 0.319 e. The third kappa shape index (κ3) is 8.13. The topological polar surface area (TPSA) is 157 Å². The van der Waals surface area contributed by atoms with Crippen molar-refractivity contribution in [3.05, 3.63) is 71.8 Å². The molecule has 3 unspecified atom stereocenters. The van der Waals surface area contributed by atoms with E-state index < -0.39 is 11.7 Å². The predicted octanol–water partition coefficient (Wildman–Crippen LogP) is 6.83. The minimum absolute atomic E-state index is 0.0368. The van der Waals surface area contributed by atoms with Crippen LogP contribution in [0.2, 0.25) is 0 Å². The molecule has 3 aromatic heterocycles. The van der Waals surface area contributed by atoms with Crippen LogP contribution in [0.25, 0.3) is 43.8 Å². The van der Waals surface area contributed by atoms with Gasteiger partial charge in [-0.25, -0.2) is 4.39 Å². The van der Waals surface area contributed by atoms with Crippen LogP contribution in [-0.4, -0.2) is 135 Å². The molecule has 7 aliphatic rings. The number of hydrogen-bond acceptors (Lipinski definition) is 13. The minimum Gasteiger partial charge on any atom is -0.508 e. The van der Waals surface area contributed by atoms with Gasteiger partial charge in [-0.05, 0) is 129 Å². The van der Waals surface area contributed by atoms with E-state index in [1.165, 1.54) is 31.4 Å². The third-order valence-corrected chi connectivity index (χ3v) is 17.7. The molecule has 5 aliphatic heterocycles. The lowest BCUT2D eigenvalue weighted by Gasteiger charge is -2.56. The van der Waals surface area contributed by atoms with Crippen LogP contribution in [-0.2, 0) is 23.1 Å². The van der Waals surface area contributed by atoms with Crippen molar-refractivity contribution in [2.45, 2.75) is 102 Å². The number of piperazine rings is 2. The number of halogens is 1. The lowest BCUT2D eigenvalue weighted by atomic mass is 9.60. The number of piperidine rings is 2. The fourth-order valence-corrected chi connectivity index (χ4v) is 13.5. The van der Waals surface area contributed by atoms with E-state index in [-0.39, 0.29) is 40.2 Å². The molecule has 3 atom stereocenters. The molecule has 15 nitrogen and oxygen atoms in total. The fraction of sp³-hybridized carbons (Fsp3) is 0.527. The van der Waals surface area contributed by atoms with Crippen LogP contribution in [0, 0.1) is 16.6 Å². The van der Waals surface area contributed by atoms with Gasteiger partial charge in [-0.2, -0.15) is 15.1 Å². The summed E-state index contributed by atoms with van der Waals surface area (Å²) in [6.45, 7) is 11.4. The molecule has 0 radical (unpaired) electrons. The van der Waals surface area contributed by atoms with Gasteiger partial charge in [-0.1, -0.05) is 25.1 Å². The predicted molar refractivity (Wildman–Crippen MR) is 271 cm³/mol. The number of imide groups is 1. The summed E-state index contributed by atoms with van der Waals surface area (Å²) in [6, 6.07) is 17.4. The first-order valence-electron chi connectivity index (χ1n) is 26.3. The highest BCUT2D eigenvalue weighted by Gasteiger charge is 2.51. The summed E-state index contributed by atoms with van der Waals surface area (Å²) in [5.74, 6) is -0.649. The number of aromatic nitrogens is 5. The van der Waals surface area contributed by atoms with E-state index in [0.29, 0.717) is 59.8 Å². The maximum absolute atomic E-state index is 17.2. The molecule has 2 aliphatic carbocycles. The summed E-state index contributed by atoms with van der Waals surface area (Å²) in [7, 11) is 1.93. The van der Waals surface area contributed by atoms with Crippen molar-refractivity contribution in [3.8, 4) is 23.0 Å². The molecule has 7 fully saturated rings. The van der Waals surface area contributed by atoms with E-state index in [1.807, 2.05) is 29.9 Å². The standard InChI is InChI=1S/C55H64FN11O4/c1-3-33-5-4-6-34-23-39(68)25-42(46(33)34)49-47(56)50-43(28-57-49)51(67-29-35-7-8-36(30-67)58-35)61-53(60-50)71-32-55(13-14-55)31-64-17-15-54(16-18-64)26-38(27-54)66-21-19-65(20-22-66)37-9-10-40-44(24-37)63(2)62-48(40)41-11-12-45(69)59-52(41)70/h4-6,9-10,23-25,28,35-36,38,41,58,68H,3,7-8,11-22,26-27,29-32H2,1-2H3,(H,59,69,70). The molecular formula is C55H64FN11O4. The van der Waals surface area contributed by atoms with Crippen molar-refractivity contribution in [2.75, 3.05) is 75.3 Å². The second kappa shape index (κ2) is 17.4. The molecule has 3 N–H and O–H groups in total. The van der Waals surface area contributed by atoms with Gasteiger partial charge in [0, 0.05) is 106 Å². The molecule has 16 heteroatoms. The Bertz CT molecular complexity index is 3080. The third-order valence-electron chi connectivity index (χ3n) is 17.7. The summed E-state index contributed by atoms with van der Waals surface area (Å²) in [4.78, 5) is 49.2. The molecule has 13 rings (SSSR count). The van der Waals surface area contributed by atoms with E-state index in [4.69, 9.17) is 24.8 Å². The first-order valence-corrected chi connectivity index (χ1v) is 26.3. The lowest BCUT2D eigenvalue weighted by molar-refractivity contribution is -0.134. The Kier molecular flexibility index (Phi) is 11.0. The lowest BCUT2D eigenvalue weighted by Crippen LogP contribution is -2.59. The Morgan fingerprint density at radius 2 is 1.68 bits per heavy atom. The highest BCUT2D eigenvalue weighted by molar-refractivity contribution is 6.03. The Balaban J connectivity index is 0.647. The zero-order valence-electron chi connectivity index (χ0n) is 40.9. The number of likely N-dealkylation sites (tertiary alicyclic amines) is 1. The number of carbonyl (C=O) groups excluding carboxylic acids is 2. The quantitative estimate of drug-likeness (QED) is 0.116. The number of ether oxygens (including phenoxy) is 1. The number of rotatable bonds is 11. The number of pyridine rings is 1. The molecule has 3 aromatic carbocycles.